The summed E-state index contributed by atoms with van der Waals surface area (Å²) < 4.78 is 45.4. The van der Waals surface area contributed by atoms with Crippen molar-refractivity contribution >= 4 is 35.2 Å². The molecule has 1 N–H and O–H groups in total. The number of halogens is 3. The lowest BCUT2D eigenvalue weighted by atomic mass is 9.84. The van der Waals surface area contributed by atoms with Gasteiger partial charge in [-0.2, -0.15) is 13.2 Å². The zero-order valence-corrected chi connectivity index (χ0v) is 20.6. The van der Waals surface area contributed by atoms with Crippen molar-refractivity contribution in [1.29, 1.82) is 0 Å². The Morgan fingerprint density at radius 3 is 2.36 bits per heavy atom. The molecule has 0 spiro atoms. The molecule has 3 heterocycles. The van der Waals surface area contributed by atoms with Crippen LogP contribution in [0.1, 0.15) is 22.7 Å². The molecule has 3 aliphatic heterocycles. The van der Waals surface area contributed by atoms with Crippen molar-refractivity contribution in [1.82, 2.24) is 4.90 Å². The fourth-order valence-corrected chi connectivity index (χ4v) is 5.82. The van der Waals surface area contributed by atoms with Crippen LogP contribution in [0.4, 0.5) is 24.5 Å². The average molecular weight is 534 g/mol. The zero-order chi connectivity index (χ0) is 27.5. The lowest BCUT2D eigenvalue weighted by Crippen LogP contribution is -2.46. The van der Waals surface area contributed by atoms with Gasteiger partial charge in [0.25, 0.3) is 0 Å². The van der Waals surface area contributed by atoms with Crippen molar-refractivity contribution in [2.75, 3.05) is 17.3 Å². The first-order valence-corrected chi connectivity index (χ1v) is 12.2. The monoisotopic (exact) mass is 533 g/mol. The van der Waals surface area contributed by atoms with Gasteiger partial charge in [-0.1, -0.05) is 30.3 Å². The molecule has 0 saturated carbocycles. The van der Waals surface area contributed by atoms with E-state index in [4.69, 9.17) is 4.74 Å². The molecule has 4 atom stereocenters. The summed E-state index contributed by atoms with van der Waals surface area (Å²) in [6.07, 6.45) is -1.12. The van der Waals surface area contributed by atoms with Crippen LogP contribution < -0.4 is 15.0 Å². The number of carbonyl (C=O) groups is 3. The van der Waals surface area contributed by atoms with Gasteiger partial charge >= 0.3 is 6.18 Å². The number of methoxy groups -OCH3 is 1. The second-order valence-electron chi connectivity index (χ2n) is 9.61. The molecule has 198 valence electrons. The Kier molecular flexibility index (Phi) is 5.71. The second kappa shape index (κ2) is 9.00. The second-order valence-corrected chi connectivity index (χ2v) is 9.61. The Morgan fingerprint density at radius 2 is 1.64 bits per heavy atom. The van der Waals surface area contributed by atoms with Crippen molar-refractivity contribution in [3.63, 3.8) is 0 Å². The minimum Gasteiger partial charge on any atom is -0.497 e. The lowest BCUT2D eigenvalue weighted by molar-refractivity contribution is -0.137. The number of imide groups is 1. The molecule has 0 unspecified atom stereocenters. The fraction of sp³-hybridized carbons (Fsp3) is 0.207. The van der Waals surface area contributed by atoms with Crippen LogP contribution in [0.2, 0.25) is 0 Å². The Morgan fingerprint density at radius 1 is 0.923 bits per heavy atom. The number of hydrogen-bond donors (Lipinski definition) is 1. The molecule has 0 bridgehead atoms. The molecule has 0 aliphatic carbocycles. The van der Waals surface area contributed by atoms with Gasteiger partial charge in [-0.3, -0.25) is 14.4 Å². The van der Waals surface area contributed by atoms with Crippen molar-refractivity contribution in [2.24, 2.45) is 11.8 Å². The quantitative estimate of drug-likeness (QED) is 0.485. The van der Waals surface area contributed by atoms with Crippen molar-refractivity contribution in [3.8, 4) is 5.75 Å². The molecule has 10 heteroatoms. The van der Waals surface area contributed by atoms with Crippen LogP contribution in [0.15, 0.2) is 79.0 Å². The van der Waals surface area contributed by atoms with Gasteiger partial charge in [-0.25, -0.2) is 4.90 Å². The molecular weight excluding hydrogens is 511 g/mol. The number of carbonyl (C=O) groups excluding carboxylic acids is 3. The highest BCUT2D eigenvalue weighted by atomic mass is 19.4. The van der Waals surface area contributed by atoms with E-state index in [1.165, 1.54) is 13.2 Å². The lowest BCUT2D eigenvalue weighted by Gasteiger charge is -2.35. The number of benzene rings is 3. The van der Waals surface area contributed by atoms with Gasteiger partial charge in [0.15, 0.2) is 0 Å². The van der Waals surface area contributed by atoms with E-state index in [9.17, 15) is 27.6 Å². The van der Waals surface area contributed by atoms with Crippen LogP contribution in [-0.4, -0.2) is 35.8 Å². The molecule has 3 aromatic rings. The summed E-state index contributed by atoms with van der Waals surface area (Å²) in [5, 5.41) is 2.82. The van der Waals surface area contributed by atoms with E-state index in [0.717, 1.165) is 34.2 Å². The maximum atomic E-state index is 13.8. The normalized spacial score (nSPS) is 23.4. The molecule has 3 amide bonds. The van der Waals surface area contributed by atoms with Gasteiger partial charge < -0.3 is 15.0 Å². The van der Waals surface area contributed by atoms with Crippen LogP contribution >= 0.6 is 0 Å². The van der Waals surface area contributed by atoms with Crippen LogP contribution in [0.3, 0.4) is 0 Å². The minimum atomic E-state index is -4.65. The first-order valence-electron chi connectivity index (χ1n) is 12.2. The van der Waals surface area contributed by atoms with E-state index in [1.54, 1.807) is 35.4 Å². The fourth-order valence-electron chi connectivity index (χ4n) is 5.82. The highest BCUT2D eigenvalue weighted by Crippen LogP contribution is 2.53. The van der Waals surface area contributed by atoms with E-state index >= 15 is 0 Å². The SMILES string of the molecule is COc1ccc(NC(=O)[C@@H]2[C@@H]3C(=O)N(c4cccc(C(F)(F)F)c4)C(=O)[C@H]3[C@H]3c4ccccc4C=CN23)cc1. The number of nitrogens with zero attached hydrogens (tertiary/aromatic N) is 2. The highest BCUT2D eigenvalue weighted by molar-refractivity contribution is 6.24. The summed E-state index contributed by atoms with van der Waals surface area (Å²) in [5.41, 5.74) is 0.927. The van der Waals surface area contributed by atoms with Crippen LogP contribution in [0, 0.1) is 11.8 Å². The number of anilines is 2. The molecule has 2 saturated heterocycles. The van der Waals surface area contributed by atoms with Crippen molar-refractivity contribution in [3.05, 3.63) is 95.7 Å². The van der Waals surface area contributed by atoms with Gasteiger partial charge in [0.2, 0.25) is 17.7 Å². The largest absolute Gasteiger partial charge is 0.497 e. The van der Waals surface area contributed by atoms with Gasteiger partial charge in [0.1, 0.15) is 11.8 Å². The molecule has 3 aromatic carbocycles. The summed E-state index contributed by atoms with van der Waals surface area (Å²) in [6.45, 7) is 0. The average Bonchev–Trinajstić information content (AvgIpc) is 3.41. The van der Waals surface area contributed by atoms with Crippen LogP contribution in [0.25, 0.3) is 6.08 Å². The number of fused-ring (bicyclic) bond motifs is 5. The van der Waals surface area contributed by atoms with E-state index in [-0.39, 0.29) is 5.69 Å². The maximum absolute atomic E-state index is 13.8. The number of amides is 3. The van der Waals surface area contributed by atoms with Crippen LogP contribution in [0.5, 0.6) is 5.75 Å². The Labute approximate surface area is 221 Å². The van der Waals surface area contributed by atoms with E-state index in [1.807, 2.05) is 30.3 Å². The molecule has 3 aliphatic rings. The predicted octanol–water partition coefficient (Wildman–Crippen LogP) is 4.87. The number of ether oxygens (including phenoxy) is 1. The topological polar surface area (TPSA) is 79.0 Å². The van der Waals surface area contributed by atoms with Crippen molar-refractivity contribution < 1.29 is 32.3 Å². The smallest absolute Gasteiger partial charge is 0.416 e. The highest BCUT2D eigenvalue weighted by Gasteiger charge is 2.64. The first-order chi connectivity index (χ1) is 18.7. The Bertz CT molecular complexity index is 1520. The summed E-state index contributed by atoms with van der Waals surface area (Å²) in [6, 6.07) is 16.4. The number of nitrogens with one attached hydrogen (secondary N) is 1. The minimum absolute atomic E-state index is 0.172. The Hall–Kier alpha value is -4.60. The predicted molar refractivity (Wildman–Crippen MR) is 136 cm³/mol. The maximum Gasteiger partial charge on any atom is 0.416 e. The Balaban J connectivity index is 1.42. The number of rotatable bonds is 4. The third-order valence-electron chi connectivity index (χ3n) is 7.52. The van der Waals surface area contributed by atoms with E-state index < -0.39 is 53.4 Å². The molecule has 6 rings (SSSR count). The van der Waals surface area contributed by atoms with Crippen LogP contribution in [-0.2, 0) is 20.6 Å². The van der Waals surface area contributed by atoms with Crippen molar-refractivity contribution in [2.45, 2.75) is 18.3 Å². The molecule has 0 radical (unpaired) electrons. The number of alkyl halides is 3. The third kappa shape index (κ3) is 3.94. The molecular formula is C29H22F3N3O4. The summed E-state index contributed by atoms with van der Waals surface area (Å²) in [7, 11) is 1.52. The van der Waals surface area contributed by atoms with Gasteiger partial charge in [-0.15, -0.1) is 0 Å². The summed E-state index contributed by atoms with van der Waals surface area (Å²) in [4.78, 5) is 43.9. The summed E-state index contributed by atoms with van der Waals surface area (Å²) >= 11 is 0. The standard InChI is InChI=1S/C29H22F3N3O4/c1-39-20-11-9-18(10-12-20)33-26(36)25-23-22(24-21-8-3-2-5-16(21)13-14-34(24)25)27(37)35(28(23)38)19-7-4-6-17(15-19)29(30,31)32/h2-15,22-25H,1H3,(H,33,36)/t22-,23-,24-,25+/m1/s1. The first kappa shape index (κ1) is 24.7. The van der Waals surface area contributed by atoms with E-state index in [2.05, 4.69) is 5.32 Å². The zero-order valence-electron chi connectivity index (χ0n) is 20.6. The molecule has 0 aromatic heterocycles. The number of hydrogen-bond acceptors (Lipinski definition) is 5. The molecule has 7 nitrogen and oxygen atoms in total. The van der Waals surface area contributed by atoms with E-state index in [0.29, 0.717) is 11.4 Å². The van der Waals surface area contributed by atoms with Gasteiger partial charge in [0, 0.05) is 11.9 Å². The molecule has 39 heavy (non-hydrogen) atoms. The third-order valence-corrected chi connectivity index (χ3v) is 7.52. The van der Waals surface area contributed by atoms with Gasteiger partial charge in [-0.05, 0) is 59.7 Å². The summed E-state index contributed by atoms with van der Waals surface area (Å²) in [5.74, 6) is -3.33. The molecule has 2 fully saturated rings. The van der Waals surface area contributed by atoms with Gasteiger partial charge in [0.05, 0.1) is 36.2 Å².